The van der Waals surface area contributed by atoms with Gasteiger partial charge >= 0.3 is 5.97 Å². The summed E-state index contributed by atoms with van der Waals surface area (Å²) >= 11 is 5.42. The number of hydrogen-bond acceptors (Lipinski definition) is 2. The molecule has 0 atom stereocenters. The number of benzene rings is 1. The summed E-state index contributed by atoms with van der Waals surface area (Å²) in [6.45, 7) is 0.232. The van der Waals surface area contributed by atoms with E-state index >= 15 is 0 Å². The van der Waals surface area contributed by atoms with Crippen LogP contribution in [-0.2, 0) is 4.74 Å². The predicted molar refractivity (Wildman–Crippen MR) is 59.3 cm³/mol. The minimum absolute atomic E-state index is 0.232. The van der Waals surface area contributed by atoms with Crippen molar-refractivity contribution < 1.29 is 9.53 Å². The molecule has 3 nitrogen and oxygen atoms in total. The quantitative estimate of drug-likeness (QED) is 0.642. The van der Waals surface area contributed by atoms with Gasteiger partial charge in [-0.25, -0.2) is 4.79 Å². The molecule has 0 spiro atoms. The van der Waals surface area contributed by atoms with Gasteiger partial charge in [0.05, 0.1) is 5.88 Å². The molecule has 0 aliphatic heterocycles. The molecule has 15 heavy (non-hydrogen) atoms. The lowest BCUT2D eigenvalue weighted by Crippen LogP contribution is -2.07. The fourth-order valence-corrected chi connectivity index (χ4v) is 1.47. The second kappa shape index (κ2) is 4.36. The van der Waals surface area contributed by atoms with Gasteiger partial charge in [0, 0.05) is 10.9 Å². The number of hydrogen-bond donors (Lipinski definition) is 1. The van der Waals surface area contributed by atoms with Gasteiger partial charge in [0.1, 0.15) is 12.3 Å². The lowest BCUT2D eigenvalue weighted by atomic mass is 10.2. The van der Waals surface area contributed by atoms with Crippen LogP contribution in [0.3, 0.4) is 0 Å². The zero-order valence-corrected chi connectivity index (χ0v) is 8.75. The second-order valence-corrected chi connectivity index (χ2v) is 3.47. The van der Waals surface area contributed by atoms with Gasteiger partial charge in [-0.3, -0.25) is 0 Å². The molecule has 4 heteroatoms. The summed E-state index contributed by atoms with van der Waals surface area (Å²) in [6, 6.07) is 9.44. The Balaban J connectivity index is 2.25. The number of fused-ring (bicyclic) bond motifs is 1. The van der Waals surface area contributed by atoms with Crippen molar-refractivity contribution in [3.05, 3.63) is 36.0 Å². The first-order valence-electron chi connectivity index (χ1n) is 4.62. The monoisotopic (exact) mass is 223 g/mol. The van der Waals surface area contributed by atoms with Crippen molar-refractivity contribution in [2.75, 3.05) is 12.5 Å². The van der Waals surface area contributed by atoms with E-state index in [0.717, 1.165) is 10.9 Å². The van der Waals surface area contributed by atoms with E-state index in [2.05, 4.69) is 4.98 Å². The van der Waals surface area contributed by atoms with Gasteiger partial charge in [0.25, 0.3) is 0 Å². The van der Waals surface area contributed by atoms with Gasteiger partial charge in [-0.05, 0) is 12.1 Å². The molecule has 0 radical (unpaired) electrons. The topological polar surface area (TPSA) is 42.1 Å². The lowest BCUT2D eigenvalue weighted by Gasteiger charge is -1.98. The number of para-hydroxylation sites is 1. The Morgan fingerprint density at radius 3 is 2.93 bits per heavy atom. The molecular formula is C11H10ClNO2. The maximum Gasteiger partial charge on any atom is 0.354 e. The van der Waals surface area contributed by atoms with Crippen LogP contribution in [0, 0.1) is 0 Å². The molecular weight excluding hydrogens is 214 g/mol. The number of rotatable bonds is 3. The number of halogens is 1. The largest absolute Gasteiger partial charge is 0.460 e. The average molecular weight is 224 g/mol. The van der Waals surface area contributed by atoms with E-state index in [-0.39, 0.29) is 12.6 Å². The van der Waals surface area contributed by atoms with Crippen molar-refractivity contribution in [1.29, 1.82) is 0 Å². The van der Waals surface area contributed by atoms with Crippen LogP contribution in [0.1, 0.15) is 10.5 Å². The van der Waals surface area contributed by atoms with Crippen LogP contribution in [-0.4, -0.2) is 23.4 Å². The van der Waals surface area contributed by atoms with E-state index in [1.54, 1.807) is 6.07 Å². The molecule has 0 bridgehead atoms. The minimum Gasteiger partial charge on any atom is -0.460 e. The van der Waals surface area contributed by atoms with Crippen LogP contribution in [0.2, 0.25) is 0 Å². The van der Waals surface area contributed by atoms with Gasteiger partial charge in [-0.15, -0.1) is 11.6 Å². The molecule has 1 aromatic heterocycles. The first kappa shape index (κ1) is 10.1. The number of esters is 1. The SMILES string of the molecule is O=C(OCCCl)c1cc2ccccc2[nH]1. The Bertz CT molecular complexity index is 445. The van der Waals surface area contributed by atoms with Crippen molar-refractivity contribution in [2.24, 2.45) is 0 Å². The normalized spacial score (nSPS) is 10.5. The first-order valence-corrected chi connectivity index (χ1v) is 5.15. The summed E-state index contributed by atoms with van der Waals surface area (Å²) in [5.41, 5.74) is 1.39. The van der Waals surface area contributed by atoms with E-state index in [1.807, 2.05) is 24.3 Å². The smallest absolute Gasteiger partial charge is 0.354 e. The van der Waals surface area contributed by atoms with E-state index in [4.69, 9.17) is 16.3 Å². The Labute approximate surface area is 92.0 Å². The van der Waals surface area contributed by atoms with Gasteiger partial charge in [0.15, 0.2) is 0 Å². The molecule has 2 rings (SSSR count). The Morgan fingerprint density at radius 2 is 2.20 bits per heavy atom. The van der Waals surface area contributed by atoms with Crippen molar-refractivity contribution in [2.45, 2.75) is 0 Å². The number of carbonyl (C=O) groups excluding carboxylic acids is 1. The van der Waals surface area contributed by atoms with Crippen LogP contribution in [0.5, 0.6) is 0 Å². The number of alkyl halides is 1. The number of aromatic amines is 1. The molecule has 78 valence electrons. The van der Waals surface area contributed by atoms with Crippen LogP contribution in [0.4, 0.5) is 0 Å². The molecule has 0 aliphatic carbocycles. The van der Waals surface area contributed by atoms with Crippen LogP contribution >= 0.6 is 11.6 Å². The van der Waals surface area contributed by atoms with E-state index in [9.17, 15) is 4.79 Å². The Kier molecular flexibility index (Phi) is 2.92. The molecule has 0 unspecified atom stereocenters. The lowest BCUT2D eigenvalue weighted by molar-refractivity contribution is 0.0523. The molecule has 1 heterocycles. The fourth-order valence-electron chi connectivity index (χ4n) is 1.39. The van der Waals surface area contributed by atoms with Crippen molar-refractivity contribution in [1.82, 2.24) is 4.98 Å². The van der Waals surface area contributed by atoms with Crippen molar-refractivity contribution in [3.63, 3.8) is 0 Å². The molecule has 0 fully saturated rings. The van der Waals surface area contributed by atoms with Crippen LogP contribution in [0.15, 0.2) is 30.3 Å². The van der Waals surface area contributed by atoms with Crippen LogP contribution < -0.4 is 0 Å². The zero-order valence-electron chi connectivity index (χ0n) is 8.00. The van der Waals surface area contributed by atoms with Gasteiger partial charge < -0.3 is 9.72 Å². The highest BCUT2D eigenvalue weighted by Gasteiger charge is 2.09. The second-order valence-electron chi connectivity index (χ2n) is 3.10. The summed E-state index contributed by atoms with van der Waals surface area (Å²) < 4.78 is 4.90. The summed E-state index contributed by atoms with van der Waals surface area (Å²) in [4.78, 5) is 14.4. The third-order valence-electron chi connectivity index (χ3n) is 2.06. The first-order chi connectivity index (χ1) is 7.31. The molecule has 1 aromatic carbocycles. The number of nitrogens with one attached hydrogen (secondary N) is 1. The fraction of sp³-hybridized carbons (Fsp3) is 0.182. The molecule has 0 amide bonds. The Hall–Kier alpha value is -1.48. The van der Waals surface area contributed by atoms with Gasteiger partial charge in [-0.1, -0.05) is 18.2 Å². The number of aromatic nitrogens is 1. The summed E-state index contributed by atoms with van der Waals surface area (Å²) in [5, 5.41) is 0.996. The standard InChI is InChI=1S/C11H10ClNO2/c12-5-6-15-11(14)10-7-8-3-1-2-4-9(8)13-10/h1-4,7,13H,5-6H2. The highest BCUT2D eigenvalue weighted by atomic mass is 35.5. The molecule has 0 aliphatic rings. The summed E-state index contributed by atoms with van der Waals surface area (Å²) in [7, 11) is 0. The highest BCUT2D eigenvalue weighted by molar-refractivity contribution is 6.18. The Morgan fingerprint density at radius 1 is 1.40 bits per heavy atom. The van der Waals surface area contributed by atoms with E-state index < -0.39 is 0 Å². The van der Waals surface area contributed by atoms with Crippen molar-refractivity contribution >= 4 is 28.5 Å². The third-order valence-corrected chi connectivity index (χ3v) is 2.21. The maximum absolute atomic E-state index is 11.5. The average Bonchev–Trinajstić information content (AvgIpc) is 2.69. The van der Waals surface area contributed by atoms with Crippen molar-refractivity contribution in [3.8, 4) is 0 Å². The van der Waals surface area contributed by atoms with E-state index in [0.29, 0.717) is 11.6 Å². The molecule has 2 aromatic rings. The van der Waals surface area contributed by atoms with E-state index in [1.165, 1.54) is 0 Å². The highest BCUT2D eigenvalue weighted by Crippen LogP contribution is 2.15. The summed E-state index contributed by atoms with van der Waals surface area (Å²) in [6.07, 6.45) is 0. The number of H-pyrrole nitrogens is 1. The van der Waals surface area contributed by atoms with Gasteiger partial charge in [0.2, 0.25) is 0 Å². The number of ether oxygens (including phenoxy) is 1. The number of carbonyl (C=O) groups is 1. The zero-order chi connectivity index (χ0) is 10.7. The molecule has 0 saturated carbocycles. The summed E-state index contributed by atoms with van der Waals surface area (Å²) in [5.74, 6) is -0.0572. The van der Waals surface area contributed by atoms with Crippen LogP contribution in [0.25, 0.3) is 10.9 Å². The molecule has 0 saturated heterocycles. The van der Waals surface area contributed by atoms with Gasteiger partial charge in [-0.2, -0.15) is 0 Å². The molecule has 1 N–H and O–H groups in total. The maximum atomic E-state index is 11.5. The third kappa shape index (κ3) is 2.13. The minimum atomic E-state index is -0.369. The predicted octanol–water partition coefficient (Wildman–Crippen LogP) is 2.56.